The molecule has 140 valence electrons. The van der Waals surface area contributed by atoms with Crippen LogP contribution in [-0.2, 0) is 6.42 Å². The fourth-order valence-corrected chi connectivity index (χ4v) is 3.87. The van der Waals surface area contributed by atoms with Crippen LogP contribution >= 0.6 is 11.3 Å². The summed E-state index contributed by atoms with van der Waals surface area (Å²) in [5.74, 6) is -0.104. The van der Waals surface area contributed by atoms with Gasteiger partial charge in [0.2, 0.25) is 10.9 Å². The third kappa shape index (κ3) is 3.97. The highest BCUT2D eigenvalue weighted by molar-refractivity contribution is 7.15. The number of aryl methyl sites for hydroxylation is 1. The molecule has 0 saturated carbocycles. The van der Waals surface area contributed by atoms with E-state index in [0.717, 1.165) is 15.7 Å². The molecule has 0 radical (unpaired) electrons. The van der Waals surface area contributed by atoms with Gasteiger partial charge in [0.15, 0.2) is 0 Å². The second-order valence-electron chi connectivity index (χ2n) is 6.39. The van der Waals surface area contributed by atoms with Gasteiger partial charge >= 0.3 is 0 Å². The second kappa shape index (κ2) is 7.43. The summed E-state index contributed by atoms with van der Waals surface area (Å²) >= 11 is 1.53. The van der Waals surface area contributed by atoms with Crippen LogP contribution in [0.4, 0.5) is 9.52 Å². The lowest BCUT2D eigenvalue weighted by molar-refractivity contribution is 0.0704. The van der Waals surface area contributed by atoms with E-state index in [-0.39, 0.29) is 17.5 Å². The highest BCUT2D eigenvalue weighted by atomic mass is 32.1. The third-order valence-electron chi connectivity index (χ3n) is 4.40. The molecule has 3 aromatic rings. The molecule has 1 aromatic carbocycles. The van der Waals surface area contributed by atoms with Crippen LogP contribution in [0, 0.1) is 12.7 Å². The Labute approximate surface area is 159 Å². The molecule has 0 spiro atoms. The van der Waals surface area contributed by atoms with Crippen LogP contribution in [0.15, 0.2) is 34.9 Å². The lowest BCUT2D eigenvalue weighted by Gasteiger charge is -2.33. The normalized spacial score (nSPS) is 14.6. The highest BCUT2D eigenvalue weighted by Gasteiger charge is 2.26. The van der Waals surface area contributed by atoms with E-state index < -0.39 is 0 Å². The summed E-state index contributed by atoms with van der Waals surface area (Å²) in [4.78, 5) is 16.3. The minimum Gasteiger partial charge on any atom is -0.351 e. The number of anilines is 1. The van der Waals surface area contributed by atoms with Gasteiger partial charge in [-0.05, 0) is 24.6 Å². The van der Waals surface area contributed by atoms with E-state index in [1.54, 1.807) is 30.0 Å². The third-order valence-corrected chi connectivity index (χ3v) is 5.38. The van der Waals surface area contributed by atoms with Gasteiger partial charge in [0, 0.05) is 38.7 Å². The minimum absolute atomic E-state index is 0.135. The number of benzene rings is 1. The van der Waals surface area contributed by atoms with E-state index in [4.69, 9.17) is 4.52 Å². The van der Waals surface area contributed by atoms with Crippen LogP contribution in [0.3, 0.4) is 0 Å². The molecule has 3 heterocycles. The van der Waals surface area contributed by atoms with Crippen molar-refractivity contribution in [1.82, 2.24) is 20.3 Å². The average molecular weight is 387 g/mol. The van der Waals surface area contributed by atoms with Crippen molar-refractivity contribution in [3.05, 3.63) is 58.2 Å². The first-order valence-corrected chi connectivity index (χ1v) is 9.44. The molecule has 1 saturated heterocycles. The maximum atomic E-state index is 13.0. The molecule has 1 fully saturated rings. The maximum absolute atomic E-state index is 13.0. The van der Waals surface area contributed by atoms with Gasteiger partial charge in [-0.15, -0.1) is 10.2 Å². The van der Waals surface area contributed by atoms with Crippen molar-refractivity contribution in [2.45, 2.75) is 13.3 Å². The van der Waals surface area contributed by atoms with Crippen LogP contribution in [0.1, 0.15) is 26.8 Å². The topological polar surface area (TPSA) is 75.4 Å². The van der Waals surface area contributed by atoms with Gasteiger partial charge in [-0.1, -0.05) is 28.6 Å². The molecule has 27 heavy (non-hydrogen) atoms. The Morgan fingerprint density at radius 2 is 1.93 bits per heavy atom. The van der Waals surface area contributed by atoms with Crippen LogP contribution in [-0.4, -0.2) is 52.3 Å². The molecule has 7 nitrogen and oxygen atoms in total. The number of carbonyl (C=O) groups is 1. The fraction of sp³-hybridized carbons (Fsp3) is 0.333. The maximum Gasteiger partial charge on any atom is 0.292 e. The number of piperazine rings is 1. The number of aromatic nitrogens is 3. The molecule has 1 aliphatic heterocycles. The monoisotopic (exact) mass is 387 g/mol. The number of amides is 1. The summed E-state index contributed by atoms with van der Waals surface area (Å²) in [5, 5.41) is 14.0. The van der Waals surface area contributed by atoms with E-state index in [9.17, 15) is 9.18 Å². The van der Waals surface area contributed by atoms with Gasteiger partial charge in [-0.3, -0.25) is 4.79 Å². The Balaban J connectivity index is 1.35. The zero-order chi connectivity index (χ0) is 18.8. The Bertz CT molecular complexity index is 931. The summed E-state index contributed by atoms with van der Waals surface area (Å²) in [6.07, 6.45) is 0.626. The van der Waals surface area contributed by atoms with Gasteiger partial charge in [-0.2, -0.15) is 0 Å². The quantitative estimate of drug-likeness (QED) is 0.685. The number of hydrogen-bond donors (Lipinski definition) is 0. The number of hydrogen-bond acceptors (Lipinski definition) is 7. The van der Waals surface area contributed by atoms with E-state index >= 15 is 0 Å². The van der Waals surface area contributed by atoms with Gasteiger partial charge in [0.1, 0.15) is 10.8 Å². The predicted octanol–water partition coefficient (Wildman–Crippen LogP) is 2.53. The summed E-state index contributed by atoms with van der Waals surface area (Å²) in [7, 11) is 0. The first kappa shape index (κ1) is 17.6. The van der Waals surface area contributed by atoms with Gasteiger partial charge in [0.05, 0.1) is 5.69 Å². The van der Waals surface area contributed by atoms with Crippen molar-refractivity contribution in [2.24, 2.45) is 0 Å². The molecule has 1 amide bonds. The lowest BCUT2D eigenvalue weighted by Crippen LogP contribution is -2.48. The molecule has 4 rings (SSSR count). The van der Waals surface area contributed by atoms with Crippen molar-refractivity contribution < 1.29 is 13.7 Å². The smallest absolute Gasteiger partial charge is 0.292 e. The highest BCUT2D eigenvalue weighted by Crippen LogP contribution is 2.24. The zero-order valence-corrected chi connectivity index (χ0v) is 15.6. The summed E-state index contributed by atoms with van der Waals surface area (Å²) in [6.45, 7) is 4.34. The van der Waals surface area contributed by atoms with Gasteiger partial charge in [0.25, 0.3) is 5.91 Å². The van der Waals surface area contributed by atoms with E-state index in [1.807, 2.05) is 0 Å². The van der Waals surface area contributed by atoms with Crippen molar-refractivity contribution in [2.75, 3.05) is 31.1 Å². The lowest BCUT2D eigenvalue weighted by atomic mass is 10.2. The van der Waals surface area contributed by atoms with Gasteiger partial charge in [-0.25, -0.2) is 4.39 Å². The molecular weight excluding hydrogens is 369 g/mol. The van der Waals surface area contributed by atoms with Crippen molar-refractivity contribution in [3.63, 3.8) is 0 Å². The van der Waals surface area contributed by atoms with Crippen LogP contribution < -0.4 is 4.90 Å². The molecule has 2 aromatic heterocycles. The Hall–Kier alpha value is -2.81. The molecular formula is C18H18FN5O2S. The molecule has 0 bridgehead atoms. The minimum atomic E-state index is -0.246. The first-order valence-electron chi connectivity index (χ1n) is 8.63. The van der Waals surface area contributed by atoms with Crippen LogP contribution in [0.5, 0.6) is 0 Å². The SMILES string of the molecule is Cc1cc(C(=O)N2CCN(c3nnc(Cc4ccc(F)cc4)s3)CC2)on1. The average Bonchev–Trinajstić information content (AvgIpc) is 3.32. The molecule has 0 atom stereocenters. The van der Waals surface area contributed by atoms with Gasteiger partial charge < -0.3 is 14.3 Å². The first-order chi connectivity index (χ1) is 13.1. The number of rotatable bonds is 4. The van der Waals surface area contributed by atoms with E-state index in [2.05, 4.69) is 20.3 Å². The fourth-order valence-electron chi connectivity index (χ4n) is 2.94. The second-order valence-corrected chi connectivity index (χ2v) is 7.43. The van der Waals surface area contributed by atoms with E-state index in [0.29, 0.717) is 38.3 Å². The zero-order valence-electron chi connectivity index (χ0n) is 14.8. The number of carbonyl (C=O) groups excluding carboxylic acids is 1. The van der Waals surface area contributed by atoms with E-state index in [1.165, 1.54) is 23.5 Å². The molecule has 1 aliphatic rings. The Morgan fingerprint density at radius 3 is 2.59 bits per heavy atom. The largest absolute Gasteiger partial charge is 0.351 e. The molecule has 0 N–H and O–H groups in total. The number of nitrogens with zero attached hydrogens (tertiary/aromatic N) is 5. The summed E-state index contributed by atoms with van der Waals surface area (Å²) < 4.78 is 18.1. The molecule has 9 heteroatoms. The molecule has 0 aliphatic carbocycles. The standard InChI is InChI=1S/C18H18FN5O2S/c1-12-10-15(26-22-12)17(25)23-6-8-24(9-7-23)18-21-20-16(27-18)11-13-2-4-14(19)5-3-13/h2-5,10H,6-9,11H2,1H3. The van der Waals surface area contributed by atoms with Crippen molar-refractivity contribution in [3.8, 4) is 0 Å². The van der Waals surface area contributed by atoms with Crippen LogP contribution in [0.2, 0.25) is 0 Å². The molecule has 0 unspecified atom stereocenters. The summed E-state index contributed by atoms with van der Waals surface area (Å²) in [6, 6.07) is 8.06. The Kier molecular flexibility index (Phi) is 4.85. The van der Waals surface area contributed by atoms with Crippen molar-refractivity contribution in [1.29, 1.82) is 0 Å². The van der Waals surface area contributed by atoms with Crippen LogP contribution in [0.25, 0.3) is 0 Å². The Morgan fingerprint density at radius 1 is 1.19 bits per heavy atom. The number of halogens is 1. The predicted molar refractivity (Wildman–Crippen MR) is 98.5 cm³/mol. The summed E-state index contributed by atoms with van der Waals surface area (Å²) in [5.41, 5.74) is 1.69. The van der Waals surface area contributed by atoms with Crippen molar-refractivity contribution >= 4 is 22.4 Å².